The molecule has 0 spiro atoms. The molecule has 0 bridgehead atoms. The molecular formula is C5H6F4S. The first-order chi connectivity index (χ1) is 4.46. The van der Waals surface area contributed by atoms with Gasteiger partial charge in [0.2, 0.25) is 5.67 Å². The molecule has 1 heterocycles. The Hall–Kier alpha value is 0.0700. The topological polar surface area (TPSA) is 0 Å². The maximum absolute atomic E-state index is 12.7. The van der Waals surface area contributed by atoms with Crippen molar-refractivity contribution in [2.24, 2.45) is 0 Å². The maximum Gasteiger partial charge on any atom is 0.423 e. The van der Waals surface area contributed by atoms with Crippen LogP contribution in [-0.4, -0.2) is 23.4 Å². The van der Waals surface area contributed by atoms with Crippen molar-refractivity contribution >= 4 is 11.8 Å². The zero-order valence-corrected chi connectivity index (χ0v) is 5.86. The van der Waals surface area contributed by atoms with Gasteiger partial charge in [0.1, 0.15) is 0 Å². The second-order valence-electron chi connectivity index (χ2n) is 2.27. The quantitative estimate of drug-likeness (QED) is 0.508. The van der Waals surface area contributed by atoms with Crippen molar-refractivity contribution in [2.45, 2.75) is 18.3 Å². The predicted octanol–water partition coefficient (Wildman–Crippen LogP) is 2.39. The smallest absolute Gasteiger partial charge is 0.233 e. The average molecular weight is 174 g/mol. The number of alkyl halides is 4. The van der Waals surface area contributed by atoms with Crippen LogP contribution in [0.4, 0.5) is 17.6 Å². The van der Waals surface area contributed by atoms with Crippen LogP contribution in [0.2, 0.25) is 0 Å². The summed E-state index contributed by atoms with van der Waals surface area (Å²) in [5, 5.41) is 0. The maximum atomic E-state index is 12.7. The Kier molecular flexibility index (Phi) is 1.87. The van der Waals surface area contributed by atoms with E-state index in [1.54, 1.807) is 0 Å². The molecule has 0 aromatic carbocycles. The van der Waals surface area contributed by atoms with Gasteiger partial charge in [-0.15, -0.1) is 0 Å². The van der Waals surface area contributed by atoms with Gasteiger partial charge in [0.05, 0.1) is 0 Å². The van der Waals surface area contributed by atoms with E-state index in [2.05, 4.69) is 0 Å². The first-order valence-corrected chi connectivity index (χ1v) is 3.95. The van der Waals surface area contributed by atoms with Gasteiger partial charge < -0.3 is 0 Å². The molecule has 0 amide bonds. The summed E-state index contributed by atoms with van der Waals surface area (Å²) in [5.41, 5.74) is -2.91. The minimum atomic E-state index is -4.67. The van der Waals surface area contributed by atoms with E-state index in [1.807, 2.05) is 0 Å². The summed E-state index contributed by atoms with van der Waals surface area (Å²) in [5.74, 6) is -0.160. The van der Waals surface area contributed by atoms with Crippen molar-refractivity contribution in [3.05, 3.63) is 0 Å². The van der Waals surface area contributed by atoms with E-state index in [9.17, 15) is 17.6 Å². The molecular weight excluding hydrogens is 168 g/mol. The largest absolute Gasteiger partial charge is 0.423 e. The molecule has 0 aromatic heterocycles. The van der Waals surface area contributed by atoms with Crippen molar-refractivity contribution in [1.29, 1.82) is 0 Å². The van der Waals surface area contributed by atoms with Gasteiger partial charge in [-0.1, -0.05) is 0 Å². The molecule has 0 nitrogen and oxygen atoms in total. The first-order valence-electron chi connectivity index (χ1n) is 2.79. The highest BCUT2D eigenvalue weighted by molar-refractivity contribution is 7.99. The molecule has 5 heteroatoms. The van der Waals surface area contributed by atoms with E-state index < -0.39 is 17.6 Å². The summed E-state index contributed by atoms with van der Waals surface area (Å²) in [6, 6.07) is 0. The SMILES string of the molecule is FC(F)(F)C1(F)CCSC1. The number of hydrogen-bond acceptors (Lipinski definition) is 1. The second-order valence-corrected chi connectivity index (χ2v) is 3.37. The fraction of sp³-hybridized carbons (Fsp3) is 1.00. The molecule has 0 aliphatic carbocycles. The summed E-state index contributed by atoms with van der Waals surface area (Å²) in [4.78, 5) is 0. The van der Waals surface area contributed by atoms with E-state index in [0.717, 1.165) is 11.8 Å². The van der Waals surface area contributed by atoms with E-state index in [0.29, 0.717) is 0 Å². The minimum Gasteiger partial charge on any atom is -0.233 e. The highest BCUT2D eigenvalue weighted by Crippen LogP contribution is 2.43. The molecule has 1 fully saturated rings. The summed E-state index contributed by atoms with van der Waals surface area (Å²) >= 11 is 1.01. The Morgan fingerprint density at radius 2 is 1.90 bits per heavy atom. The van der Waals surface area contributed by atoms with Crippen LogP contribution in [0.1, 0.15) is 6.42 Å². The third-order valence-corrected chi connectivity index (χ3v) is 2.64. The van der Waals surface area contributed by atoms with Gasteiger partial charge in [0, 0.05) is 12.2 Å². The van der Waals surface area contributed by atoms with Crippen LogP contribution in [-0.2, 0) is 0 Å². The molecule has 1 unspecified atom stereocenters. The normalized spacial score (nSPS) is 34.8. The van der Waals surface area contributed by atoms with Crippen molar-refractivity contribution in [3.8, 4) is 0 Å². The lowest BCUT2D eigenvalue weighted by atomic mass is 10.1. The van der Waals surface area contributed by atoms with Gasteiger partial charge >= 0.3 is 6.18 Å². The van der Waals surface area contributed by atoms with E-state index in [1.165, 1.54) is 0 Å². The van der Waals surface area contributed by atoms with Gasteiger partial charge in [0.15, 0.2) is 0 Å². The predicted molar refractivity (Wildman–Crippen MR) is 31.8 cm³/mol. The zero-order chi connectivity index (χ0) is 7.83. The van der Waals surface area contributed by atoms with Crippen molar-refractivity contribution in [2.75, 3.05) is 11.5 Å². The molecule has 0 N–H and O–H groups in total. The summed E-state index contributed by atoms with van der Waals surface area (Å²) in [7, 11) is 0. The highest BCUT2D eigenvalue weighted by atomic mass is 32.2. The molecule has 0 radical (unpaired) electrons. The van der Waals surface area contributed by atoms with Gasteiger partial charge in [0.25, 0.3) is 0 Å². The molecule has 1 aliphatic heterocycles. The Labute approximate surface area is 60.0 Å². The summed E-state index contributed by atoms with van der Waals surface area (Å²) in [6.07, 6.45) is -5.06. The number of thioether (sulfide) groups is 1. The van der Waals surface area contributed by atoms with E-state index >= 15 is 0 Å². The van der Waals surface area contributed by atoms with Crippen LogP contribution in [0.25, 0.3) is 0 Å². The Morgan fingerprint density at radius 3 is 2.10 bits per heavy atom. The Bertz CT molecular complexity index is 124. The van der Waals surface area contributed by atoms with Crippen LogP contribution < -0.4 is 0 Å². The third-order valence-electron chi connectivity index (χ3n) is 1.48. The fourth-order valence-corrected chi connectivity index (χ4v) is 2.01. The van der Waals surface area contributed by atoms with Gasteiger partial charge in [-0.3, -0.25) is 0 Å². The van der Waals surface area contributed by atoms with Crippen molar-refractivity contribution in [1.82, 2.24) is 0 Å². The van der Waals surface area contributed by atoms with Crippen LogP contribution in [0.15, 0.2) is 0 Å². The summed E-state index contributed by atoms with van der Waals surface area (Å²) < 4.78 is 47.9. The molecule has 10 heavy (non-hydrogen) atoms. The van der Waals surface area contributed by atoms with Crippen molar-refractivity contribution in [3.63, 3.8) is 0 Å². The highest BCUT2D eigenvalue weighted by Gasteiger charge is 2.57. The van der Waals surface area contributed by atoms with Crippen LogP contribution in [0.5, 0.6) is 0 Å². The molecule has 1 atom stereocenters. The minimum absolute atomic E-state index is 0.274. The third kappa shape index (κ3) is 1.24. The number of halogens is 4. The fourth-order valence-electron chi connectivity index (χ4n) is 0.764. The molecule has 1 aliphatic rings. The van der Waals surface area contributed by atoms with Crippen molar-refractivity contribution < 1.29 is 17.6 Å². The molecule has 60 valence electrons. The number of rotatable bonds is 0. The lowest BCUT2D eigenvalue weighted by Gasteiger charge is -2.20. The average Bonchev–Trinajstić information content (AvgIpc) is 2.13. The lowest BCUT2D eigenvalue weighted by Crippen LogP contribution is -2.40. The van der Waals surface area contributed by atoms with Crippen LogP contribution in [0.3, 0.4) is 0 Å². The van der Waals surface area contributed by atoms with Gasteiger partial charge in [-0.05, 0) is 5.75 Å². The van der Waals surface area contributed by atoms with Crippen LogP contribution in [0, 0.1) is 0 Å². The molecule has 0 aromatic rings. The molecule has 1 saturated heterocycles. The van der Waals surface area contributed by atoms with Crippen LogP contribution >= 0.6 is 11.8 Å². The van der Waals surface area contributed by atoms with E-state index in [4.69, 9.17) is 0 Å². The number of hydrogen-bond donors (Lipinski definition) is 0. The monoisotopic (exact) mass is 174 g/mol. The Balaban J connectivity index is 2.67. The Morgan fingerprint density at radius 1 is 1.30 bits per heavy atom. The van der Waals surface area contributed by atoms with Gasteiger partial charge in [-0.2, -0.15) is 24.9 Å². The zero-order valence-electron chi connectivity index (χ0n) is 5.04. The van der Waals surface area contributed by atoms with E-state index in [-0.39, 0.29) is 12.2 Å². The molecule has 0 saturated carbocycles. The first kappa shape index (κ1) is 8.17. The van der Waals surface area contributed by atoms with Gasteiger partial charge in [-0.25, -0.2) is 4.39 Å². The summed E-state index contributed by atoms with van der Waals surface area (Å²) in [6.45, 7) is 0. The lowest BCUT2D eigenvalue weighted by molar-refractivity contribution is -0.220. The second kappa shape index (κ2) is 2.29. The molecule has 1 rings (SSSR count). The standard InChI is InChI=1S/C5H6F4S/c6-4(5(7,8)9)1-2-10-3-4/h1-3H2.